The molecule has 0 unspecified atom stereocenters. The maximum absolute atomic E-state index is 12.2. The number of hydrazine groups is 2. The molecule has 2 heterocycles. The highest BCUT2D eigenvalue weighted by atomic mass is 16.2. The molecule has 1 amide bonds. The van der Waals surface area contributed by atoms with Crippen molar-refractivity contribution in [3.63, 3.8) is 0 Å². The number of aryl methyl sites for hydroxylation is 1. The minimum absolute atomic E-state index is 0.0144. The van der Waals surface area contributed by atoms with E-state index in [1.807, 2.05) is 0 Å². The Hall–Kier alpha value is -2.95. The zero-order chi connectivity index (χ0) is 16.4. The highest BCUT2D eigenvalue weighted by Crippen LogP contribution is 1.96. The maximum atomic E-state index is 12.2. The van der Waals surface area contributed by atoms with Crippen molar-refractivity contribution in [2.45, 2.75) is 6.54 Å². The van der Waals surface area contributed by atoms with E-state index >= 15 is 0 Å². The number of carbonyl (C=O) groups excluding carboxylic acids is 1. The van der Waals surface area contributed by atoms with Crippen LogP contribution in [0.5, 0.6) is 0 Å². The molecule has 1 aliphatic rings. The molecule has 0 aliphatic carbocycles. The number of aromatic nitrogens is 3. The lowest BCUT2D eigenvalue weighted by Gasteiger charge is -2.20. The predicted octanol–water partition coefficient (Wildman–Crippen LogP) is -2.57. The first-order chi connectivity index (χ1) is 10.4. The lowest BCUT2D eigenvalue weighted by molar-refractivity contribution is 0.0686. The smallest absolute Gasteiger partial charge is 0.288 e. The van der Waals surface area contributed by atoms with Crippen molar-refractivity contribution in [1.82, 2.24) is 35.3 Å². The van der Waals surface area contributed by atoms with Gasteiger partial charge in [0.15, 0.2) is 0 Å². The number of nitrogens with one attached hydrogen (secondary N) is 2. The SMILES string of the molecule is C=CCn1c(=O)c(C(=O)NC2=NNN(C)N2C)nn(C)c1=O. The molecule has 11 nitrogen and oxygen atoms in total. The third kappa shape index (κ3) is 2.61. The van der Waals surface area contributed by atoms with Gasteiger partial charge in [0.2, 0.25) is 11.7 Å². The molecule has 11 heteroatoms. The summed E-state index contributed by atoms with van der Waals surface area (Å²) < 4.78 is 1.80. The number of allylic oxidation sites excluding steroid dienone is 1. The molecule has 2 rings (SSSR count). The second-order valence-electron chi connectivity index (χ2n) is 4.50. The Morgan fingerprint density at radius 3 is 2.59 bits per heavy atom. The second-order valence-corrected chi connectivity index (χ2v) is 4.50. The molecule has 0 spiro atoms. The largest absolute Gasteiger partial charge is 0.347 e. The Morgan fingerprint density at radius 1 is 1.36 bits per heavy atom. The van der Waals surface area contributed by atoms with Crippen LogP contribution in [-0.2, 0) is 13.6 Å². The summed E-state index contributed by atoms with van der Waals surface area (Å²) in [6.07, 6.45) is 1.39. The van der Waals surface area contributed by atoms with Gasteiger partial charge in [-0.05, 0) is 0 Å². The van der Waals surface area contributed by atoms with E-state index in [4.69, 9.17) is 0 Å². The van der Waals surface area contributed by atoms with Crippen molar-refractivity contribution in [3.8, 4) is 0 Å². The van der Waals surface area contributed by atoms with E-state index < -0.39 is 22.9 Å². The average Bonchev–Trinajstić information content (AvgIpc) is 2.79. The lowest BCUT2D eigenvalue weighted by Crippen LogP contribution is -2.49. The maximum Gasteiger partial charge on any atom is 0.347 e. The Bertz CT molecular complexity index is 762. The van der Waals surface area contributed by atoms with Crippen molar-refractivity contribution >= 4 is 11.9 Å². The summed E-state index contributed by atoms with van der Waals surface area (Å²) in [6, 6.07) is 0. The minimum atomic E-state index is -0.789. The van der Waals surface area contributed by atoms with Gasteiger partial charge >= 0.3 is 5.69 Å². The first-order valence-corrected chi connectivity index (χ1v) is 6.28. The molecule has 0 fully saturated rings. The Balaban J connectivity index is 2.37. The van der Waals surface area contributed by atoms with E-state index in [2.05, 4.69) is 27.6 Å². The van der Waals surface area contributed by atoms with E-state index in [1.54, 1.807) is 14.1 Å². The summed E-state index contributed by atoms with van der Waals surface area (Å²) >= 11 is 0. The van der Waals surface area contributed by atoms with E-state index in [0.717, 1.165) is 9.25 Å². The van der Waals surface area contributed by atoms with Crippen LogP contribution in [-0.4, -0.2) is 50.4 Å². The van der Waals surface area contributed by atoms with Gasteiger partial charge in [0, 0.05) is 27.7 Å². The van der Waals surface area contributed by atoms with E-state index in [9.17, 15) is 14.4 Å². The number of rotatable bonds is 3. The van der Waals surface area contributed by atoms with Crippen LogP contribution in [0.25, 0.3) is 0 Å². The fourth-order valence-corrected chi connectivity index (χ4v) is 1.73. The van der Waals surface area contributed by atoms with Crippen LogP contribution in [0, 0.1) is 0 Å². The summed E-state index contributed by atoms with van der Waals surface area (Å²) in [5, 5.41) is 13.1. The van der Waals surface area contributed by atoms with E-state index in [0.29, 0.717) is 0 Å². The quantitative estimate of drug-likeness (QED) is 0.589. The molecular weight excluding hydrogens is 292 g/mol. The molecule has 0 radical (unpaired) electrons. The van der Waals surface area contributed by atoms with Crippen LogP contribution < -0.4 is 22.1 Å². The number of amides is 1. The monoisotopic (exact) mass is 308 g/mol. The van der Waals surface area contributed by atoms with Crippen molar-refractivity contribution < 1.29 is 4.79 Å². The van der Waals surface area contributed by atoms with E-state index in [1.165, 1.54) is 23.3 Å². The van der Waals surface area contributed by atoms with Gasteiger partial charge in [-0.25, -0.2) is 15.0 Å². The first-order valence-electron chi connectivity index (χ1n) is 6.28. The zero-order valence-corrected chi connectivity index (χ0v) is 12.4. The second kappa shape index (κ2) is 5.81. The van der Waals surface area contributed by atoms with Gasteiger partial charge in [0.05, 0.1) is 0 Å². The summed E-state index contributed by atoms with van der Waals surface area (Å²) in [4.78, 5) is 36.2. The molecule has 0 bridgehead atoms. The van der Waals surface area contributed by atoms with Gasteiger partial charge < -0.3 is 0 Å². The standard InChI is InChI=1S/C11H16N8O3/c1-5-6-19-9(21)7(14-16(2)11(19)22)8(20)12-10-13-15-18(4)17(10)3/h5,15H,1,6H2,2-4H3,(H,12,13,20). The summed E-state index contributed by atoms with van der Waals surface area (Å²) in [7, 11) is 4.69. The normalized spacial score (nSPS) is 14.5. The number of nitrogens with zero attached hydrogens (tertiary/aromatic N) is 6. The van der Waals surface area contributed by atoms with Crippen LogP contribution in [0.4, 0.5) is 0 Å². The highest BCUT2D eigenvalue weighted by molar-refractivity contribution is 6.04. The van der Waals surface area contributed by atoms with Crippen molar-refractivity contribution in [2.75, 3.05) is 14.1 Å². The Morgan fingerprint density at radius 2 is 2.05 bits per heavy atom. The Labute approximate surface area is 125 Å². The summed E-state index contributed by atoms with van der Waals surface area (Å²) in [6.45, 7) is 3.46. The van der Waals surface area contributed by atoms with Crippen molar-refractivity contribution in [2.24, 2.45) is 12.1 Å². The lowest BCUT2D eigenvalue weighted by atomic mass is 10.4. The summed E-state index contributed by atoms with van der Waals surface area (Å²) in [5.41, 5.74) is 0.780. The fourth-order valence-electron chi connectivity index (χ4n) is 1.73. The molecule has 1 aromatic heterocycles. The van der Waals surface area contributed by atoms with Crippen LogP contribution in [0.15, 0.2) is 27.3 Å². The van der Waals surface area contributed by atoms with Gasteiger partial charge in [-0.15, -0.1) is 16.8 Å². The fraction of sp³-hybridized carbons (Fsp3) is 0.364. The molecule has 118 valence electrons. The molecular formula is C11H16N8O3. The van der Waals surface area contributed by atoms with Crippen LogP contribution in [0.2, 0.25) is 0 Å². The topological polar surface area (TPSA) is 117 Å². The number of hydrogen-bond donors (Lipinski definition) is 2. The third-order valence-electron chi connectivity index (χ3n) is 3.01. The van der Waals surface area contributed by atoms with E-state index in [-0.39, 0.29) is 12.5 Å². The third-order valence-corrected chi connectivity index (χ3v) is 3.01. The minimum Gasteiger partial charge on any atom is -0.288 e. The number of hydrazone groups is 1. The molecule has 0 atom stereocenters. The molecule has 0 saturated carbocycles. The van der Waals surface area contributed by atoms with Gasteiger partial charge in [0.25, 0.3) is 11.5 Å². The number of carbonyl (C=O) groups is 1. The van der Waals surface area contributed by atoms with Crippen molar-refractivity contribution in [3.05, 3.63) is 39.2 Å². The molecule has 1 aliphatic heterocycles. The van der Waals surface area contributed by atoms with Gasteiger partial charge in [0.1, 0.15) is 0 Å². The predicted molar refractivity (Wildman–Crippen MR) is 77.5 cm³/mol. The average molecular weight is 308 g/mol. The van der Waals surface area contributed by atoms with Crippen LogP contribution in [0.1, 0.15) is 10.5 Å². The molecule has 1 aromatic rings. The van der Waals surface area contributed by atoms with Crippen LogP contribution in [0.3, 0.4) is 0 Å². The molecule has 22 heavy (non-hydrogen) atoms. The molecule has 2 N–H and O–H groups in total. The Kier molecular flexibility index (Phi) is 4.08. The highest BCUT2D eigenvalue weighted by Gasteiger charge is 2.24. The number of hydrogen-bond acceptors (Lipinski definition) is 8. The molecule has 0 aromatic carbocycles. The summed E-state index contributed by atoms with van der Waals surface area (Å²) in [5.74, 6) is -0.570. The van der Waals surface area contributed by atoms with Gasteiger partial charge in [-0.3, -0.25) is 24.5 Å². The zero-order valence-electron chi connectivity index (χ0n) is 12.4. The van der Waals surface area contributed by atoms with Crippen molar-refractivity contribution in [1.29, 1.82) is 0 Å². The van der Waals surface area contributed by atoms with Crippen LogP contribution >= 0.6 is 0 Å². The van der Waals surface area contributed by atoms with Gasteiger partial charge in [-0.1, -0.05) is 6.08 Å². The van der Waals surface area contributed by atoms with Gasteiger partial charge in [-0.2, -0.15) is 5.10 Å². The first kappa shape index (κ1) is 15.4. The number of guanidine groups is 1. The molecule has 0 saturated heterocycles.